The van der Waals surface area contributed by atoms with Crippen LogP contribution in [0, 0.1) is 13.8 Å². The molecular formula is C17H16ClN3OS2. The van der Waals surface area contributed by atoms with Crippen LogP contribution in [0.5, 0.6) is 0 Å². The third-order valence-electron chi connectivity index (χ3n) is 3.68. The van der Waals surface area contributed by atoms with Gasteiger partial charge in [-0.25, -0.2) is 9.97 Å². The highest BCUT2D eigenvalue weighted by molar-refractivity contribution is 8.00. The van der Waals surface area contributed by atoms with Crippen LogP contribution in [0.1, 0.15) is 17.4 Å². The summed E-state index contributed by atoms with van der Waals surface area (Å²) in [7, 11) is 0. The van der Waals surface area contributed by atoms with E-state index in [1.807, 2.05) is 13.0 Å². The second kappa shape index (κ2) is 7.09. The molecule has 0 aliphatic carbocycles. The summed E-state index contributed by atoms with van der Waals surface area (Å²) in [5, 5.41) is 5.08. The van der Waals surface area contributed by atoms with Crippen LogP contribution in [-0.4, -0.2) is 21.1 Å². The third kappa shape index (κ3) is 3.55. The number of thiophene rings is 1. The van der Waals surface area contributed by atoms with E-state index in [4.69, 9.17) is 11.6 Å². The molecule has 0 saturated carbocycles. The van der Waals surface area contributed by atoms with Crippen LogP contribution in [0.25, 0.3) is 10.2 Å². The molecule has 0 saturated heterocycles. The minimum absolute atomic E-state index is 0.0846. The van der Waals surface area contributed by atoms with E-state index in [0.717, 1.165) is 15.2 Å². The summed E-state index contributed by atoms with van der Waals surface area (Å²) >= 11 is 9.05. The predicted molar refractivity (Wildman–Crippen MR) is 102 cm³/mol. The lowest BCUT2D eigenvalue weighted by Gasteiger charge is -2.12. The van der Waals surface area contributed by atoms with E-state index in [9.17, 15) is 4.79 Å². The van der Waals surface area contributed by atoms with Crippen LogP contribution in [0.4, 0.5) is 5.69 Å². The van der Waals surface area contributed by atoms with Crippen LogP contribution >= 0.6 is 34.7 Å². The Morgan fingerprint density at radius 2 is 2.12 bits per heavy atom. The van der Waals surface area contributed by atoms with E-state index in [1.165, 1.54) is 22.2 Å². The van der Waals surface area contributed by atoms with Gasteiger partial charge in [0.05, 0.1) is 5.25 Å². The zero-order valence-corrected chi connectivity index (χ0v) is 15.9. The van der Waals surface area contributed by atoms with Gasteiger partial charge in [0, 0.05) is 21.0 Å². The number of aromatic nitrogens is 2. The van der Waals surface area contributed by atoms with Crippen LogP contribution in [0.3, 0.4) is 0 Å². The largest absolute Gasteiger partial charge is 0.325 e. The molecule has 0 fully saturated rings. The first-order valence-electron chi connectivity index (χ1n) is 7.39. The molecule has 1 atom stereocenters. The third-order valence-corrected chi connectivity index (χ3v) is 6.13. The van der Waals surface area contributed by atoms with Crippen LogP contribution in [-0.2, 0) is 4.79 Å². The summed E-state index contributed by atoms with van der Waals surface area (Å²) in [6, 6.07) is 7.12. The Kier molecular flexibility index (Phi) is 5.08. The molecule has 0 bridgehead atoms. The fourth-order valence-electron chi connectivity index (χ4n) is 2.27. The summed E-state index contributed by atoms with van der Waals surface area (Å²) in [6.45, 7) is 6.01. The molecule has 0 radical (unpaired) electrons. The number of benzene rings is 1. The summed E-state index contributed by atoms with van der Waals surface area (Å²) in [5.41, 5.74) is 1.87. The Morgan fingerprint density at radius 3 is 2.88 bits per heavy atom. The lowest BCUT2D eigenvalue weighted by atomic mass is 10.2. The first kappa shape index (κ1) is 17.2. The number of fused-ring (bicyclic) bond motifs is 1. The van der Waals surface area contributed by atoms with Gasteiger partial charge in [0.1, 0.15) is 16.2 Å². The fraction of sp³-hybridized carbons (Fsp3) is 0.235. The van der Waals surface area contributed by atoms with Gasteiger partial charge in [-0.2, -0.15) is 0 Å². The van der Waals surface area contributed by atoms with Crippen molar-refractivity contribution in [3.8, 4) is 0 Å². The highest BCUT2D eigenvalue weighted by atomic mass is 35.5. The zero-order valence-electron chi connectivity index (χ0n) is 13.5. The summed E-state index contributed by atoms with van der Waals surface area (Å²) in [6.07, 6.45) is 1.56. The van der Waals surface area contributed by atoms with Gasteiger partial charge in [-0.05, 0) is 44.5 Å². The fourth-order valence-corrected chi connectivity index (χ4v) is 4.50. The van der Waals surface area contributed by atoms with Crippen molar-refractivity contribution in [2.45, 2.75) is 31.0 Å². The van der Waals surface area contributed by atoms with Crippen molar-refractivity contribution >= 4 is 56.5 Å². The maximum Gasteiger partial charge on any atom is 0.237 e. The van der Waals surface area contributed by atoms with Gasteiger partial charge >= 0.3 is 0 Å². The Balaban J connectivity index is 1.79. The number of carbonyl (C=O) groups excluding carboxylic acids is 1. The molecule has 0 unspecified atom stereocenters. The Bertz CT molecular complexity index is 910. The SMILES string of the molecule is Cc1sc2ncnc(S[C@H](C)C(=O)Nc3cccc(Cl)c3)c2c1C. The van der Waals surface area contributed by atoms with E-state index in [1.54, 1.807) is 35.9 Å². The van der Waals surface area contributed by atoms with Gasteiger partial charge in [-0.1, -0.05) is 29.4 Å². The van der Waals surface area contributed by atoms with Crippen LogP contribution < -0.4 is 5.32 Å². The smallest absolute Gasteiger partial charge is 0.237 e. The number of hydrogen-bond donors (Lipinski definition) is 1. The molecular weight excluding hydrogens is 362 g/mol. The van der Waals surface area contributed by atoms with Gasteiger partial charge in [-0.15, -0.1) is 11.3 Å². The van der Waals surface area contributed by atoms with Gasteiger partial charge in [0.25, 0.3) is 0 Å². The molecule has 3 rings (SSSR count). The first-order valence-corrected chi connectivity index (χ1v) is 9.47. The van der Waals surface area contributed by atoms with Crippen molar-refractivity contribution in [3.05, 3.63) is 46.1 Å². The number of halogens is 1. The van der Waals surface area contributed by atoms with Crippen molar-refractivity contribution in [3.63, 3.8) is 0 Å². The second-order valence-electron chi connectivity index (χ2n) is 5.40. The molecule has 4 nitrogen and oxygen atoms in total. The van der Waals surface area contributed by atoms with Gasteiger partial charge in [0.2, 0.25) is 5.91 Å². The van der Waals surface area contributed by atoms with Crippen molar-refractivity contribution in [2.24, 2.45) is 0 Å². The highest BCUT2D eigenvalue weighted by Gasteiger charge is 2.19. The molecule has 124 valence electrons. The van der Waals surface area contributed by atoms with E-state index in [2.05, 4.69) is 29.1 Å². The summed E-state index contributed by atoms with van der Waals surface area (Å²) in [4.78, 5) is 23.3. The molecule has 2 heterocycles. The number of nitrogens with one attached hydrogen (secondary N) is 1. The van der Waals surface area contributed by atoms with Crippen molar-refractivity contribution < 1.29 is 4.79 Å². The monoisotopic (exact) mass is 377 g/mol. The van der Waals surface area contributed by atoms with E-state index >= 15 is 0 Å². The minimum atomic E-state index is -0.290. The highest BCUT2D eigenvalue weighted by Crippen LogP contribution is 2.36. The van der Waals surface area contributed by atoms with Gasteiger partial charge in [0.15, 0.2) is 0 Å². The summed E-state index contributed by atoms with van der Waals surface area (Å²) in [5.74, 6) is -0.0846. The number of carbonyl (C=O) groups is 1. The molecule has 1 aromatic carbocycles. The number of nitrogens with zero attached hydrogens (tertiary/aromatic N) is 2. The van der Waals surface area contributed by atoms with Crippen molar-refractivity contribution in [2.75, 3.05) is 5.32 Å². The lowest BCUT2D eigenvalue weighted by Crippen LogP contribution is -2.22. The molecule has 1 amide bonds. The number of anilines is 1. The molecule has 24 heavy (non-hydrogen) atoms. The van der Waals surface area contributed by atoms with Crippen molar-refractivity contribution in [1.29, 1.82) is 0 Å². The van der Waals surface area contributed by atoms with Crippen LogP contribution in [0.2, 0.25) is 5.02 Å². The quantitative estimate of drug-likeness (QED) is 0.508. The van der Waals surface area contributed by atoms with Gasteiger partial charge < -0.3 is 5.32 Å². The van der Waals surface area contributed by atoms with Gasteiger partial charge in [-0.3, -0.25) is 4.79 Å². The number of hydrogen-bond acceptors (Lipinski definition) is 5. The zero-order chi connectivity index (χ0) is 17.3. The average Bonchev–Trinajstić information content (AvgIpc) is 2.83. The Hall–Kier alpha value is -1.63. The van der Waals surface area contributed by atoms with E-state index in [0.29, 0.717) is 10.7 Å². The second-order valence-corrected chi connectivity index (χ2v) is 8.37. The Morgan fingerprint density at radius 1 is 1.33 bits per heavy atom. The molecule has 1 N–H and O–H groups in total. The van der Waals surface area contributed by atoms with E-state index in [-0.39, 0.29) is 11.2 Å². The number of aryl methyl sites for hydroxylation is 2. The molecule has 3 aromatic rings. The normalized spacial score (nSPS) is 12.3. The first-order chi connectivity index (χ1) is 11.5. The Labute approximate surface area is 153 Å². The molecule has 2 aromatic heterocycles. The summed E-state index contributed by atoms with van der Waals surface area (Å²) < 4.78 is 0. The minimum Gasteiger partial charge on any atom is -0.325 e. The predicted octanol–water partition coefficient (Wildman–Crippen LogP) is 5.08. The maximum atomic E-state index is 12.4. The molecule has 0 spiro atoms. The molecule has 7 heteroatoms. The molecule has 0 aliphatic rings. The van der Waals surface area contributed by atoms with Crippen molar-refractivity contribution in [1.82, 2.24) is 9.97 Å². The molecule has 0 aliphatic heterocycles. The number of thioether (sulfide) groups is 1. The topological polar surface area (TPSA) is 54.9 Å². The standard InChI is InChI=1S/C17H16ClN3OS2/c1-9-10(2)23-16-14(9)17(20-8-19-16)24-11(3)15(22)21-13-6-4-5-12(18)7-13/h4-8,11H,1-3H3,(H,21,22)/t11-/m1/s1. The van der Waals surface area contributed by atoms with E-state index < -0.39 is 0 Å². The number of rotatable bonds is 4. The number of amides is 1. The maximum absolute atomic E-state index is 12.4. The van der Waals surface area contributed by atoms with Crippen LogP contribution in [0.15, 0.2) is 35.6 Å². The average molecular weight is 378 g/mol. The lowest BCUT2D eigenvalue weighted by molar-refractivity contribution is -0.115.